The third-order valence-corrected chi connectivity index (χ3v) is 6.28. The fourth-order valence-electron chi connectivity index (χ4n) is 3.70. The largest absolute Gasteiger partial charge is 0.378 e. The van der Waals surface area contributed by atoms with Gasteiger partial charge in [-0.2, -0.15) is 5.10 Å². The normalized spacial score (nSPS) is 22.2. The van der Waals surface area contributed by atoms with Crippen molar-refractivity contribution in [2.45, 2.75) is 77.0 Å². The summed E-state index contributed by atoms with van der Waals surface area (Å²) in [4.78, 5) is 0. The number of nitrogens with zero attached hydrogens (tertiary/aromatic N) is 2. The van der Waals surface area contributed by atoms with Crippen molar-refractivity contribution in [1.82, 2.24) is 14.5 Å². The number of hydrogen-bond donors (Lipinski definition) is 1. The Labute approximate surface area is 145 Å². The number of rotatable bonds is 7. The maximum absolute atomic E-state index is 12.3. The lowest BCUT2D eigenvalue weighted by atomic mass is 9.94. The van der Waals surface area contributed by atoms with Gasteiger partial charge in [-0.05, 0) is 51.5 Å². The first-order valence-corrected chi connectivity index (χ1v) is 10.8. The minimum atomic E-state index is -3.35. The number of nitrogens with one attached hydrogen (secondary N) is 1. The first kappa shape index (κ1) is 17.9. The minimum Gasteiger partial charge on any atom is -0.378 e. The zero-order chi connectivity index (χ0) is 17.2. The summed E-state index contributed by atoms with van der Waals surface area (Å²) < 4.78 is 35.0. The zero-order valence-electron chi connectivity index (χ0n) is 14.7. The molecule has 0 bridgehead atoms. The molecule has 1 N–H and O–H groups in total. The highest BCUT2D eigenvalue weighted by Crippen LogP contribution is 2.34. The average Bonchev–Trinajstić information content (AvgIpc) is 3.15. The molecule has 7 heteroatoms. The quantitative estimate of drug-likeness (QED) is 0.816. The van der Waals surface area contributed by atoms with Gasteiger partial charge in [0, 0.05) is 6.20 Å². The van der Waals surface area contributed by atoms with Gasteiger partial charge in [-0.25, -0.2) is 13.1 Å². The Kier molecular flexibility index (Phi) is 5.62. The molecule has 3 rings (SSSR count). The van der Waals surface area contributed by atoms with Gasteiger partial charge in [0.1, 0.15) is 0 Å². The monoisotopic (exact) mass is 355 g/mol. The van der Waals surface area contributed by atoms with Crippen molar-refractivity contribution in [3.63, 3.8) is 0 Å². The lowest BCUT2D eigenvalue weighted by Gasteiger charge is -2.22. The summed E-state index contributed by atoms with van der Waals surface area (Å²) in [6.45, 7) is 4.04. The van der Waals surface area contributed by atoms with Gasteiger partial charge in [0.15, 0.2) is 0 Å². The molecule has 0 unspecified atom stereocenters. The number of hydrogen-bond acceptors (Lipinski definition) is 4. The van der Waals surface area contributed by atoms with Gasteiger partial charge < -0.3 is 4.74 Å². The topological polar surface area (TPSA) is 73.2 Å². The van der Waals surface area contributed by atoms with E-state index in [-0.39, 0.29) is 24.5 Å². The molecule has 24 heavy (non-hydrogen) atoms. The molecule has 0 aliphatic heterocycles. The summed E-state index contributed by atoms with van der Waals surface area (Å²) in [5, 5.41) is 4.77. The number of fused-ring (bicyclic) bond motifs is 1. The van der Waals surface area contributed by atoms with Crippen molar-refractivity contribution in [2.24, 2.45) is 0 Å². The third kappa shape index (κ3) is 4.37. The first-order valence-electron chi connectivity index (χ1n) is 9.14. The van der Waals surface area contributed by atoms with Crippen molar-refractivity contribution in [3.05, 3.63) is 17.5 Å². The van der Waals surface area contributed by atoms with Crippen LogP contribution in [0.1, 0.15) is 75.7 Å². The molecule has 0 radical (unpaired) electrons. The molecule has 136 valence electrons. The maximum atomic E-state index is 12.3. The fourth-order valence-corrected chi connectivity index (χ4v) is 4.80. The van der Waals surface area contributed by atoms with Crippen LogP contribution in [0.4, 0.5) is 0 Å². The van der Waals surface area contributed by atoms with Crippen molar-refractivity contribution < 1.29 is 13.2 Å². The van der Waals surface area contributed by atoms with Crippen LogP contribution < -0.4 is 4.72 Å². The average molecular weight is 356 g/mol. The molecule has 0 aromatic carbocycles. The lowest BCUT2D eigenvalue weighted by Crippen LogP contribution is -2.34. The van der Waals surface area contributed by atoms with Gasteiger partial charge in [0.25, 0.3) is 0 Å². The van der Waals surface area contributed by atoms with E-state index in [9.17, 15) is 8.42 Å². The van der Waals surface area contributed by atoms with E-state index in [2.05, 4.69) is 15.6 Å². The zero-order valence-corrected chi connectivity index (χ0v) is 15.5. The lowest BCUT2D eigenvalue weighted by molar-refractivity contribution is 0.0911. The van der Waals surface area contributed by atoms with Crippen molar-refractivity contribution in [3.8, 4) is 0 Å². The molecule has 1 saturated carbocycles. The van der Waals surface area contributed by atoms with Crippen molar-refractivity contribution in [1.29, 1.82) is 0 Å². The van der Waals surface area contributed by atoms with Crippen LogP contribution in [-0.2, 0) is 21.2 Å². The van der Waals surface area contributed by atoms with Crippen LogP contribution in [0.15, 0.2) is 6.20 Å². The Morgan fingerprint density at radius 2 is 2.04 bits per heavy atom. The summed E-state index contributed by atoms with van der Waals surface area (Å²) in [5.41, 5.74) is 2.14. The molecular formula is C17H29N3O3S. The van der Waals surface area contributed by atoms with Crippen LogP contribution in [-0.4, -0.2) is 36.7 Å². The van der Waals surface area contributed by atoms with Gasteiger partial charge in [-0.3, -0.25) is 4.68 Å². The highest BCUT2D eigenvalue weighted by molar-refractivity contribution is 7.89. The Balaban J connectivity index is 1.67. The van der Waals surface area contributed by atoms with E-state index in [4.69, 9.17) is 9.84 Å². The number of aryl methyl sites for hydroxylation is 1. The predicted octanol–water partition coefficient (Wildman–Crippen LogP) is 2.72. The highest BCUT2D eigenvalue weighted by atomic mass is 32.2. The van der Waals surface area contributed by atoms with Crippen molar-refractivity contribution >= 4 is 10.0 Å². The molecule has 1 aromatic heterocycles. The van der Waals surface area contributed by atoms with E-state index < -0.39 is 10.0 Å². The van der Waals surface area contributed by atoms with Crippen molar-refractivity contribution in [2.75, 3.05) is 12.4 Å². The van der Waals surface area contributed by atoms with E-state index in [1.807, 2.05) is 13.8 Å². The molecule has 6 nitrogen and oxygen atoms in total. The number of sulfonamides is 1. The summed E-state index contributed by atoms with van der Waals surface area (Å²) in [6, 6.07) is 0.299. The Hall–Kier alpha value is -0.920. The van der Waals surface area contributed by atoms with Crippen LogP contribution >= 0.6 is 0 Å². The fraction of sp³-hybridized carbons (Fsp3) is 0.824. The number of aromatic nitrogens is 2. The molecule has 0 spiro atoms. The van der Waals surface area contributed by atoms with Gasteiger partial charge in [0.2, 0.25) is 10.0 Å². The molecule has 0 saturated heterocycles. The molecule has 2 aliphatic carbocycles. The van der Waals surface area contributed by atoms with Crippen LogP contribution in [0.3, 0.4) is 0 Å². The van der Waals surface area contributed by atoms with E-state index >= 15 is 0 Å². The minimum absolute atomic E-state index is 0.000344. The highest BCUT2D eigenvalue weighted by Gasteiger charge is 2.29. The second-order valence-corrected chi connectivity index (χ2v) is 9.13. The SMILES string of the molecule is CC(C)OCCS(=O)(=O)N[C@H]1CCCc2cn(C3CCCC3)nc21. The van der Waals surface area contributed by atoms with Gasteiger partial charge in [-0.1, -0.05) is 12.8 Å². The van der Waals surface area contributed by atoms with E-state index in [1.165, 1.54) is 31.2 Å². The van der Waals surface area contributed by atoms with Crippen LogP contribution in [0.5, 0.6) is 0 Å². The van der Waals surface area contributed by atoms with Gasteiger partial charge in [-0.15, -0.1) is 0 Å². The first-order chi connectivity index (χ1) is 11.4. The van der Waals surface area contributed by atoms with Gasteiger partial charge in [0.05, 0.1) is 36.2 Å². The summed E-state index contributed by atoms with van der Waals surface area (Å²) in [5.74, 6) is 0.000344. The Morgan fingerprint density at radius 1 is 1.29 bits per heavy atom. The summed E-state index contributed by atoms with van der Waals surface area (Å²) >= 11 is 0. The number of ether oxygens (including phenoxy) is 1. The molecule has 1 fully saturated rings. The second kappa shape index (κ2) is 7.54. The summed E-state index contributed by atoms with van der Waals surface area (Å²) in [7, 11) is -3.35. The molecule has 1 heterocycles. The molecule has 2 aliphatic rings. The van der Waals surface area contributed by atoms with Crippen LogP contribution in [0.2, 0.25) is 0 Å². The third-order valence-electron chi connectivity index (χ3n) is 4.93. The summed E-state index contributed by atoms with van der Waals surface area (Å²) in [6.07, 6.45) is 9.90. The Morgan fingerprint density at radius 3 is 2.75 bits per heavy atom. The van der Waals surface area contributed by atoms with E-state index in [1.54, 1.807) is 0 Å². The molecule has 1 atom stereocenters. The smallest absolute Gasteiger partial charge is 0.214 e. The Bertz CT molecular complexity index is 648. The standard InChI is InChI=1S/C17H29N3O3S/c1-13(2)23-10-11-24(21,22)19-16-9-5-6-14-12-20(18-17(14)16)15-7-3-4-8-15/h12-13,15-16,19H,3-11H2,1-2H3/t16-/m0/s1. The van der Waals surface area contributed by atoms with Gasteiger partial charge >= 0.3 is 0 Å². The maximum Gasteiger partial charge on any atom is 0.214 e. The molecular weight excluding hydrogens is 326 g/mol. The molecule has 1 aromatic rings. The van der Waals surface area contributed by atoms with Crippen LogP contribution in [0.25, 0.3) is 0 Å². The molecule has 0 amide bonds. The predicted molar refractivity (Wildman–Crippen MR) is 93.4 cm³/mol. The van der Waals surface area contributed by atoms with E-state index in [0.717, 1.165) is 25.0 Å². The second-order valence-electron chi connectivity index (χ2n) is 7.26. The van der Waals surface area contributed by atoms with Crippen LogP contribution in [0, 0.1) is 0 Å². The van der Waals surface area contributed by atoms with E-state index in [0.29, 0.717) is 6.04 Å².